The number of aldehydes is 1. The van der Waals surface area contributed by atoms with Gasteiger partial charge in [-0.25, -0.2) is 4.68 Å². The molecule has 1 aromatic carbocycles. The van der Waals surface area contributed by atoms with Crippen LogP contribution in [0.2, 0.25) is 5.02 Å². The van der Waals surface area contributed by atoms with E-state index in [4.69, 9.17) is 11.6 Å². The van der Waals surface area contributed by atoms with Gasteiger partial charge in [-0.2, -0.15) is 18.3 Å². The first kappa shape index (κ1) is 14.1. The molecule has 0 atom stereocenters. The third-order valence-electron chi connectivity index (χ3n) is 2.30. The molecule has 0 saturated heterocycles. The second-order valence-electron chi connectivity index (χ2n) is 3.59. The van der Waals surface area contributed by atoms with Gasteiger partial charge in [-0.3, -0.25) is 4.79 Å². The lowest BCUT2D eigenvalue weighted by atomic mass is 10.2. The van der Waals surface area contributed by atoms with Crippen molar-refractivity contribution in [1.82, 2.24) is 9.78 Å². The van der Waals surface area contributed by atoms with Crippen LogP contribution >= 0.6 is 27.5 Å². The fourth-order valence-corrected chi connectivity index (χ4v) is 2.11. The molecule has 8 heteroatoms. The van der Waals surface area contributed by atoms with Crippen LogP contribution in [-0.2, 0) is 6.18 Å². The summed E-state index contributed by atoms with van der Waals surface area (Å²) in [6, 6.07) is 4.54. The molecule has 100 valence electrons. The Morgan fingerprint density at radius 1 is 1.37 bits per heavy atom. The number of rotatable bonds is 2. The van der Waals surface area contributed by atoms with Crippen LogP contribution in [0.1, 0.15) is 16.1 Å². The molecule has 0 aliphatic carbocycles. The van der Waals surface area contributed by atoms with Crippen LogP contribution in [0.25, 0.3) is 5.69 Å². The highest BCUT2D eigenvalue weighted by Gasteiger charge is 2.37. The zero-order valence-electron chi connectivity index (χ0n) is 9.08. The summed E-state index contributed by atoms with van der Waals surface area (Å²) in [5.41, 5.74) is -0.771. The monoisotopic (exact) mass is 352 g/mol. The van der Waals surface area contributed by atoms with E-state index in [-0.39, 0.29) is 11.3 Å². The minimum absolute atomic E-state index is 0.197. The number of alkyl halides is 3. The van der Waals surface area contributed by atoms with Crippen molar-refractivity contribution in [2.24, 2.45) is 0 Å². The molecule has 1 aromatic heterocycles. The maximum absolute atomic E-state index is 12.6. The molecule has 0 fully saturated rings. The van der Waals surface area contributed by atoms with Crippen LogP contribution in [-0.4, -0.2) is 16.1 Å². The van der Waals surface area contributed by atoms with Crippen molar-refractivity contribution in [2.45, 2.75) is 6.18 Å². The van der Waals surface area contributed by atoms with E-state index in [9.17, 15) is 18.0 Å². The fourth-order valence-electron chi connectivity index (χ4n) is 1.50. The van der Waals surface area contributed by atoms with Gasteiger partial charge in [0.15, 0.2) is 12.0 Å². The first-order chi connectivity index (χ1) is 8.82. The van der Waals surface area contributed by atoms with Gasteiger partial charge in [0.05, 0.1) is 16.9 Å². The van der Waals surface area contributed by atoms with E-state index in [2.05, 4.69) is 21.0 Å². The van der Waals surface area contributed by atoms with E-state index >= 15 is 0 Å². The zero-order chi connectivity index (χ0) is 14.2. The summed E-state index contributed by atoms with van der Waals surface area (Å²) >= 11 is 8.67. The molecule has 0 aliphatic heterocycles. The quantitative estimate of drug-likeness (QED) is 0.761. The molecule has 1 heterocycles. The van der Waals surface area contributed by atoms with Gasteiger partial charge in [0, 0.05) is 10.0 Å². The molecule has 19 heavy (non-hydrogen) atoms. The minimum Gasteiger partial charge on any atom is -0.298 e. The second-order valence-corrected chi connectivity index (χ2v) is 4.91. The third-order valence-corrected chi connectivity index (χ3v) is 3.07. The third kappa shape index (κ3) is 2.82. The number of carbonyl (C=O) groups is 1. The Morgan fingerprint density at radius 3 is 2.58 bits per heavy atom. The van der Waals surface area contributed by atoms with Crippen LogP contribution in [0.5, 0.6) is 0 Å². The number of halogens is 5. The Bertz CT molecular complexity index is 639. The number of nitrogens with zero attached hydrogens (tertiary/aromatic N) is 2. The second kappa shape index (κ2) is 4.97. The predicted octanol–water partition coefficient (Wildman–Crippen LogP) is 4.12. The number of carbonyl (C=O) groups excluding carboxylic acids is 1. The first-order valence-electron chi connectivity index (χ1n) is 4.90. The molecule has 0 radical (unpaired) electrons. The van der Waals surface area contributed by atoms with Crippen LogP contribution in [0.4, 0.5) is 13.2 Å². The number of hydrogen-bond donors (Lipinski definition) is 0. The zero-order valence-corrected chi connectivity index (χ0v) is 11.4. The van der Waals surface area contributed by atoms with Gasteiger partial charge in [-0.15, -0.1) is 0 Å². The van der Waals surface area contributed by atoms with Crippen molar-refractivity contribution in [2.75, 3.05) is 0 Å². The van der Waals surface area contributed by atoms with Gasteiger partial charge >= 0.3 is 6.18 Å². The smallest absolute Gasteiger partial charge is 0.298 e. The van der Waals surface area contributed by atoms with E-state index in [1.54, 1.807) is 6.07 Å². The van der Waals surface area contributed by atoms with Gasteiger partial charge in [0.2, 0.25) is 0 Å². The number of hydrogen-bond acceptors (Lipinski definition) is 2. The Hall–Kier alpha value is -1.34. The maximum Gasteiger partial charge on any atom is 0.436 e. The normalized spacial score (nSPS) is 11.6. The lowest BCUT2D eigenvalue weighted by molar-refractivity contribution is -0.141. The molecule has 3 nitrogen and oxygen atoms in total. The Balaban J connectivity index is 2.58. The topological polar surface area (TPSA) is 34.9 Å². The molecule has 0 unspecified atom stereocenters. The van der Waals surface area contributed by atoms with Crippen LogP contribution in [0.15, 0.2) is 28.9 Å². The van der Waals surface area contributed by atoms with Crippen LogP contribution in [0.3, 0.4) is 0 Å². The Kier molecular flexibility index (Phi) is 3.69. The highest BCUT2D eigenvalue weighted by atomic mass is 79.9. The fraction of sp³-hybridized carbons (Fsp3) is 0.0909. The van der Waals surface area contributed by atoms with Crippen LogP contribution < -0.4 is 0 Å². The molecule has 0 spiro atoms. The highest BCUT2D eigenvalue weighted by molar-refractivity contribution is 9.10. The summed E-state index contributed by atoms with van der Waals surface area (Å²) in [7, 11) is 0. The summed E-state index contributed by atoms with van der Waals surface area (Å²) < 4.78 is 39.3. The van der Waals surface area contributed by atoms with Gasteiger partial charge in [0.25, 0.3) is 0 Å². The predicted molar refractivity (Wildman–Crippen MR) is 66.7 cm³/mol. The molecule has 0 saturated carbocycles. The average Bonchev–Trinajstić information content (AvgIpc) is 2.70. The molecule has 0 N–H and O–H groups in total. The summed E-state index contributed by atoms with van der Waals surface area (Å²) in [6.07, 6.45) is -3.09. The molecule has 0 aliphatic rings. The average molecular weight is 354 g/mol. The molecule has 2 rings (SSSR count). The molecular weight excluding hydrogens is 348 g/mol. The Morgan fingerprint density at radius 2 is 2.05 bits per heavy atom. The first-order valence-corrected chi connectivity index (χ1v) is 6.07. The van der Waals surface area contributed by atoms with E-state index in [0.29, 0.717) is 10.8 Å². The lowest BCUT2D eigenvalue weighted by Gasteiger charge is -2.05. The summed E-state index contributed by atoms with van der Waals surface area (Å²) in [5.74, 6) is 0. The maximum atomic E-state index is 12.6. The molecular formula is C11H5BrClF3N2O. The van der Waals surface area contributed by atoms with E-state index in [0.717, 1.165) is 10.9 Å². The lowest BCUT2D eigenvalue weighted by Crippen LogP contribution is -2.08. The summed E-state index contributed by atoms with van der Waals surface area (Å²) in [5, 5.41) is 2.85. The molecule has 0 amide bonds. The van der Waals surface area contributed by atoms with Crippen molar-refractivity contribution in [3.05, 3.63) is 45.1 Å². The van der Waals surface area contributed by atoms with Crippen LogP contribution in [0, 0.1) is 0 Å². The van der Waals surface area contributed by atoms with Crippen molar-refractivity contribution >= 4 is 33.8 Å². The summed E-state index contributed by atoms with van der Waals surface area (Å²) in [6.45, 7) is 0. The number of aromatic nitrogens is 2. The van der Waals surface area contributed by atoms with Gasteiger partial charge in [-0.1, -0.05) is 27.5 Å². The van der Waals surface area contributed by atoms with Crippen molar-refractivity contribution < 1.29 is 18.0 Å². The highest BCUT2D eigenvalue weighted by Crippen LogP contribution is 2.34. The van der Waals surface area contributed by atoms with Crippen molar-refractivity contribution in [1.29, 1.82) is 0 Å². The van der Waals surface area contributed by atoms with E-state index < -0.39 is 16.9 Å². The molecule has 2 aromatic rings. The van der Waals surface area contributed by atoms with Gasteiger partial charge in [0.1, 0.15) is 0 Å². The minimum atomic E-state index is -4.64. The van der Waals surface area contributed by atoms with E-state index in [1.165, 1.54) is 12.1 Å². The number of benzene rings is 1. The van der Waals surface area contributed by atoms with E-state index in [1.807, 2.05) is 0 Å². The Labute approximate surface area is 119 Å². The van der Waals surface area contributed by atoms with Gasteiger partial charge < -0.3 is 0 Å². The largest absolute Gasteiger partial charge is 0.436 e. The SMILES string of the molecule is O=Cc1cc(Br)ccc1-n1cc(Cl)c(C(F)(F)F)n1. The summed E-state index contributed by atoms with van der Waals surface area (Å²) in [4.78, 5) is 10.9. The molecule has 0 bridgehead atoms. The standard InChI is InChI=1S/C11H5BrClF3N2O/c12-7-1-2-9(6(3-7)5-19)18-4-8(13)10(17-18)11(14,15)16/h1-5H. The van der Waals surface area contributed by atoms with Crippen molar-refractivity contribution in [3.63, 3.8) is 0 Å². The van der Waals surface area contributed by atoms with Gasteiger partial charge in [-0.05, 0) is 18.2 Å². The van der Waals surface area contributed by atoms with Crippen molar-refractivity contribution in [3.8, 4) is 5.69 Å².